The van der Waals surface area contributed by atoms with Crippen molar-refractivity contribution in [3.63, 3.8) is 0 Å². The molecule has 2 heterocycles. The number of hydrogen-bond acceptors (Lipinski definition) is 4. The van der Waals surface area contributed by atoms with Crippen LogP contribution in [-0.2, 0) is 0 Å². The standard InChI is InChI=1S/C8H6N4O2/c9-6(13)5-8(14)12-7-4(11-5)2-1-3-10-7/h1-3H,(H2,9,13)(H,10,12,14). The Labute approximate surface area is 77.8 Å². The van der Waals surface area contributed by atoms with Gasteiger partial charge in [-0.25, -0.2) is 9.97 Å². The molecular weight excluding hydrogens is 184 g/mol. The molecule has 0 atom stereocenters. The van der Waals surface area contributed by atoms with Gasteiger partial charge in [0.2, 0.25) is 0 Å². The van der Waals surface area contributed by atoms with Gasteiger partial charge in [-0.15, -0.1) is 0 Å². The number of fused-ring (bicyclic) bond motifs is 1. The Morgan fingerprint density at radius 1 is 1.50 bits per heavy atom. The van der Waals surface area contributed by atoms with Gasteiger partial charge in [0, 0.05) is 6.20 Å². The molecule has 0 saturated carbocycles. The van der Waals surface area contributed by atoms with Crippen LogP contribution in [0.15, 0.2) is 23.1 Å². The zero-order valence-corrected chi connectivity index (χ0v) is 7.02. The van der Waals surface area contributed by atoms with Gasteiger partial charge >= 0.3 is 0 Å². The monoisotopic (exact) mass is 190 g/mol. The van der Waals surface area contributed by atoms with E-state index in [0.29, 0.717) is 11.2 Å². The quantitative estimate of drug-likeness (QED) is 0.627. The van der Waals surface area contributed by atoms with Gasteiger partial charge in [0.05, 0.1) is 0 Å². The zero-order valence-electron chi connectivity index (χ0n) is 7.02. The highest BCUT2D eigenvalue weighted by Gasteiger charge is 2.09. The number of carbonyl (C=O) groups excluding carboxylic acids is 1. The Hall–Kier alpha value is -2.24. The lowest BCUT2D eigenvalue weighted by Crippen LogP contribution is -2.25. The summed E-state index contributed by atoms with van der Waals surface area (Å²) in [6.07, 6.45) is 1.52. The lowest BCUT2D eigenvalue weighted by atomic mass is 10.3. The second kappa shape index (κ2) is 2.91. The van der Waals surface area contributed by atoms with E-state index < -0.39 is 11.5 Å². The number of hydrogen-bond donors (Lipinski definition) is 2. The lowest BCUT2D eigenvalue weighted by molar-refractivity contribution is 0.0994. The summed E-state index contributed by atoms with van der Waals surface area (Å²) in [7, 11) is 0. The summed E-state index contributed by atoms with van der Waals surface area (Å²) in [5, 5.41) is 0. The van der Waals surface area contributed by atoms with Gasteiger partial charge in [0.15, 0.2) is 11.3 Å². The zero-order chi connectivity index (χ0) is 10.1. The van der Waals surface area contributed by atoms with Crippen molar-refractivity contribution < 1.29 is 4.79 Å². The summed E-state index contributed by atoms with van der Waals surface area (Å²) in [6.45, 7) is 0. The third-order valence-electron chi connectivity index (χ3n) is 1.70. The smallest absolute Gasteiger partial charge is 0.281 e. The van der Waals surface area contributed by atoms with E-state index in [0.717, 1.165) is 0 Å². The average molecular weight is 190 g/mol. The van der Waals surface area contributed by atoms with E-state index in [1.54, 1.807) is 12.1 Å². The molecular formula is C8H6N4O2. The number of H-pyrrole nitrogens is 1. The molecule has 0 aliphatic heterocycles. The predicted molar refractivity (Wildman–Crippen MR) is 48.7 cm³/mol. The summed E-state index contributed by atoms with van der Waals surface area (Å²) in [5.41, 5.74) is 4.81. The fraction of sp³-hybridized carbons (Fsp3) is 0. The van der Waals surface area contributed by atoms with Crippen molar-refractivity contribution >= 4 is 17.1 Å². The third-order valence-corrected chi connectivity index (χ3v) is 1.70. The minimum atomic E-state index is -0.850. The van der Waals surface area contributed by atoms with E-state index in [9.17, 15) is 9.59 Å². The maximum atomic E-state index is 11.2. The molecule has 0 unspecified atom stereocenters. The molecule has 2 aromatic rings. The molecule has 0 radical (unpaired) electrons. The maximum Gasteiger partial charge on any atom is 0.281 e. The number of amides is 1. The second-order valence-electron chi connectivity index (χ2n) is 2.65. The van der Waals surface area contributed by atoms with Crippen molar-refractivity contribution in [3.8, 4) is 0 Å². The average Bonchev–Trinajstić information content (AvgIpc) is 2.16. The van der Waals surface area contributed by atoms with Crippen LogP contribution in [0.5, 0.6) is 0 Å². The number of nitrogens with two attached hydrogens (primary N) is 1. The summed E-state index contributed by atoms with van der Waals surface area (Å²) in [5.74, 6) is -0.850. The highest BCUT2D eigenvalue weighted by Crippen LogP contribution is 2.01. The molecule has 6 heteroatoms. The number of primary amides is 1. The Kier molecular flexibility index (Phi) is 1.74. The number of rotatable bonds is 1. The van der Waals surface area contributed by atoms with Crippen molar-refractivity contribution in [2.24, 2.45) is 5.73 Å². The fourth-order valence-electron chi connectivity index (χ4n) is 1.09. The van der Waals surface area contributed by atoms with Crippen LogP contribution in [-0.4, -0.2) is 20.9 Å². The lowest BCUT2D eigenvalue weighted by Gasteiger charge is -1.96. The minimum Gasteiger partial charge on any atom is -0.364 e. The number of nitrogens with zero attached hydrogens (tertiary/aromatic N) is 2. The van der Waals surface area contributed by atoms with Crippen LogP contribution >= 0.6 is 0 Å². The van der Waals surface area contributed by atoms with Gasteiger partial charge in [-0.1, -0.05) is 0 Å². The second-order valence-corrected chi connectivity index (χ2v) is 2.65. The van der Waals surface area contributed by atoms with Gasteiger partial charge in [-0.05, 0) is 12.1 Å². The first kappa shape index (κ1) is 8.36. The Balaban J connectivity index is 2.84. The SMILES string of the molecule is NC(=O)c1nc2cccnc2[nH]c1=O. The van der Waals surface area contributed by atoms with Crippen molar-refractivity contribution in [3.05, 3.63) is 34.4 Å². The van der Waals surface area contributed by atoms with Crippen molar-refractivity contribution in [2.75, 3.05) is 0 Å². The van der Waals surface area contributed by atoms with Crippen LogP contribution in [0.1, 0.15) is 10.5 Å². The van der Waals surface area contributed by atoms with Crippen LogP contribution in [0.2, 0.25) is 0 Å². The van der Waals surface area contributed by atoms with Gasteiger partial charge in [0.1, 0.15) is 5.52 Å². The fourth-order valence-corrected chi connectivity index (χ4v) is 1.09. The minimum absolute atomic E-state index is 0.300. The Bertz CT molecular complexity index is 561. The van der Waals surface area contributed by atoms with Crippen LogP contribution in [0.4, 0.5) is 0 Å². The van der Waals surface area contributed by atoms with E-state index in [1.165, 1.54) is 6.20 Å². The van der Waals surface area contributed by atoms with Gasteiger partial charge < -0.3 is 10.7 Å². The Morgan fingerprint density at radius 3 is 3.00 bits per heavy atom. The predicted octanol–water partition coefficient (Wildman–Crippen LogP) is -0.583. The van der Waals surface area contributed by atoms with E-state index in [-0.39, 0.29) is 5.69 Å². The molecule has 2 aromatic heterocycles. The Morgan fingerprint density at radius 2 is 2.29 bits per heavy atom. The van der Waals surface area contributed by atoms with Gasteiger partial charge in [-0.3, -0.25) is 9.59 Å². The first-order valence-corrected chi connectivity index (χ1v) is 3.83. The molecule has 0 spiro atoms. The third kappa shape index (κ3) is 1.22. The molecule has 0 bridgehead atoms. The van der Waals surface area contributed by atoms with E-state index in [4.69, 9.17) is 5.73 Å². The molecule has 6 nitrogen and oxygen atoms in total. The van der Waals surface area contributed by atoms with Crippen LogP contribution in [0, 0.1) is 0 Å². The van der Waals surface area contributed by atoms with E-state index >= 15 is 0 Å². The van der Waals surface area contributed by atoms with Crippen molar-refractivity contribution in [1.82, 2.24) is 15.0 Å². The maximum absolute atomic E-state index is 11.2. The van der Waals surface area contributed by atoms with Gasteiger partial charge in [0.25, 0.3) is 11.5 Å². The van der Waals surface area contributed by atoms with E-state index in [1.807, 2.05) is 0 Å². The number of aromatic amines is 1. The molecule has 70 valence electrons. The van der Waals surface area contributed by atoms with Crippen molar-refractivity contribution in [1.29, 1.82) is 0 Å². The highest BCUT2D eigenvalue weighted by atomic mass is 16.2. The first-order chi connectivity index (χ1) is 6.68. The van der Waals surface area contributed by atoms with Crippen LogP contribution < -0.4 is 11.3 Å². The summed E-state index contributed by atoms with van der Waals surface area (Å²) in [4.78, 5) is 32.1. The molecule has 0 saturated heterocycles. The molecule has 3 N–H and O–H groups in total. The molecule has 0 aliphatic rings. The molecule has 1 amide bonds. The molecule has 0 aromatic carbocycles. The summed E-state index contributed by atoms with van der Waals surface area (Å²) >= 11 is 0. The van der Waals surface area contributed by atoms with Crippen LogP contribution in [0.25, 0.3) is 11.2 Å². The molecule has 0 fully saturated rings. The highest BCUT2D eigenvalue weighted by molar-refractivity contribution is 5.91. The number of aromatic nitrogens is 3. The van der Waals surface area contributed by atoms with E-state index in [2.05, 4.69) is 15.0 Å². The molecule has 2 rings (SSSR count). The van der Waals surface area contributed by atoms with Crippen LogP contribution in [0.3, 0.4) is 0 Å². The number of pyridine rings is 1. The first-order valence-electron chi connectivity index (χ1n) is 3.83. The number of nitrogens with one attached hydrogen (secondary N) is 1. The topological polar surface area (TPSA) is 102 Å². The van der Waals surface area contributed by atoms with Crippen molar-refractivity contribution in [2.45, 2.75) is 0 Å². The normalized spacial score (nSPS) is 10.3. The summed E-state index contributed by atoms with van der Waals surface area (Å²) in [6, 6.07) is 3.28. The molecule has 14 heavy (non-hydrogen) atoms. The largest absolute Gasteiger partial charge is 0.364 e. The number of carbonyl (C=O) groups is 1. The summed E-state index contributed by atoms with van der Waals surface area (Å²) < 4.78 is 0. The molecule has 0 aliphatic carbocycles. The van der Waals surface area contributed by atoms with Gasteiger partial charge in [-0.2, -0.15) is 0 Å².